The molecule has 0 spiro atoms. The van der Waals surface area contributed by atoms with Gasteiger partial charge in [-0.1, -0.05) is 61.6 Å². The van der Waals surface area contributed by atoms with Crippen LogP contribution in [0.3, 0.4) is 0 Å². The van der Waals surface area contributed by atoms with Gasteiger partial charge in [-0.25, -0.2) is 0 Å². The zero-order valence-electron chi connectivity index (χ0n) is 14.3. The van der Waals surface area contributed by atoms with Crippen LogP contribution in [0.15, 0.2) is 4.34 Å². The first-order valence-corrected chi connectivity index (χ1v) is 11.1. The van der Waals surface area contributed by atoms with E-state index >= 15 is 0 Å². The van der Waals surface area contributed by atoms with Crippen LogP contribution in [0.4, 0.5) is 5.13 Å². The van der Waals surface area contributed by atoms with Crippen molar-refractivity contribution in [3.8, 4) is 0 Å². The summed E-state index contributed by atoms with van der Waals surface area (Å²) in [6, 6.07) is 0.545. The highest BCUT2D eigenvalue weighted by molar-refractivity contribution is 8.01. The number of hydrogen-bond donors (Lipinski definition) is 2. The predicted molar refractivity (Wildman–Crippen MR) is 101 cm³/mol. The minimum atomic E-state index is 0.113. The Kier molecular flexibility index (Phi) is 7.20. The summed E-state index contributed by atoms with van der Waals surface area (Å²) >= 11 is 3.06. The Morgan fingerprint density at radius 3 is 2.50 bits per heavy atom. The SMILES string of the molecule is O=C(CSc1nnc(NC2CCCCC2)s1)NCC1CCCCC1. The molecular formula is C17H28N4OS2. The van der Waals surface area contributed by atoms with Gasteiger partial charge in [0.15, 0.2) is 4.34 Å². The molecule has 2 aliphatic rings. The average molecular weight is 369 g/mol. The molecule has 2 saturated carbocycles. The molecule has 1 amide bonds. The second kappa shape index (κ2) is 9.61. The first kappa shape index (κ1) is 18.0. The van der Waals surface area contributed by atoms with Crippen molar-refractivity contribution in [2.45, 2.75) is 74.6 Å². The molecule has 2 aliphatic carbocycles. The fraction of sp³-hybridized carbons (Fsp3) is 0.824. The monoisotopic (exact) mass is 368 g/mol. The van der Waals surface area contributed by atoms with E-state index in [2.05, 4.69) is 20.8 Å². The van der Waals surface area contributed by atoms with Gasteiger partial charge in [0.25, 0.3) is 0 Å². The quantitative estimate of drug-likeness (QED) is 0.710. The number of nitrogens with one attached hydrogen (secondary N) is 2. The van der Waals surface area contributed by atoms with E-state index in [1.54, 1.807) is 11.3 Å². The summed E-state index contributed by atoms with van der Waals surface area (Å²) in [5.74, 6) is 1.23. The van der Waals surface area contributed by atoms with E-state index in [-0.39, 0.29) is 5.91 Å². The third-order valence-corrected chi connectivity index (χ3v) is 6.97. The highest BCUT2D eigenvalue weighted by atomic mass is 32.2. The molecule has 2 N–H and O–H groups in total. The molecular weight excluding hydrogens is 340 g/mol. The summed E-state index contributed by atoms with van der Waals surface area (Å²) in [7, 11) is 0. The van der Waals surface area contributed by atoms with Gasteiger partial charge >= 0.3 is 0 Å². The second-order valence-electron chi connectivity index (χ2n) is 6.95. The minimum Gasteiger partial charge on any atom is -0.357 e. The van der Waals surface area contributed by atoms with Gasteiger partial charge in [0.05, 0.1) is 5.75 Å². The third-order valence-electron chi connectivity index (χ3n) is 4.98. The van der Waals surface area contributed by atoms with Crippen LogP contribution in [0.1, 0.15) is 64.2 Å². The molecule has 24 heavy (non-hydrogen) atoms. The topological polar surface area (TPSA) is 66.9 Å². The smallest absolute Gasteiger partial charge is 0.230 e. The van der Waals surface area contributed by atoms with Crippen molar-refractivity contribution in [2.24, 2.45) is 5.92 Å². The average Bonchev–Trinajstić information content (AvgIpc) is 3.07. The lowest BCUT2D eigenvalue weighted by atomic mass is 9.89. The summed E-state index contributed by atoms with van der Waals surface area (Å²) in [5.41, 5.74) is 0. The zero-order valence-corrected chi connectivity index (χ0v) is 15.9. The van der Waals surface area contributed by atoms with Gasteiger partial charge in [-0.2, -0.15) is 0 Å². The molecule has 0 bridgehead atoms. The summed E-state index contributed by atoms with van der Waals surface area (Å²) in [5, 5.41) is 15.9. The number of aromatic nitrogens is 2. The van der Waals surface area contributed by atoms with Crippen LogP contribution in [0.2, 0.25) is 0 Å². The van der Waals surface area contributed by atoms with Crippen molar-refractivity contribution in [3.63, 3.8) is 0 Å². The fourth-order valence-corrected chi connectivity index (χ4v) is 5.23. The van der Waals surface area contributed by atoms with E-state index < -0.39 is 0 Å². The number of carbonyl (C=O) groups excluding carboxylic acids is 1. The number of hydrogen-bond acceptors (Lipinski definition) is 6. The van der Waals surface area contributed by atoms with Gasteiger partial charge in [-0.15, -0.1) is 10.2 Å². The van der Waals surface area contributed by atoms with Gasteiger partial charge in [-0.05, 0) is 31.6 Å². The summed E-state index contributed by atoms with van der Waals surface area (Å²) in [4.78, 5) is 12.0. The van der Waals surface area contributed by atoms with Crippen LogP contribution in [-0.2, 0) is 4.79 Å². The summed E-state index contributed by atoms with van der Waals surface area (Å²) in [6.07, 6.45) is 12.9. The maximum absolute atomic E-state index is 12.0. The Morgan fingerprint density at radius 2 is 1.75 bits per heavy atom. The number of anilines is 1. The van der Waals surface area contributed by atoms with Gasteiger partial charge in [0.2, 0.25) is 11.0 Å². The van der Waals surface area contributed by atoms with Crippen LogP contribution < -0.4 is 10.6 Å². The molecule has 134 valence electrons. The summed E-state index contributed by atoms with van der Waals surface area (Å²) in [6.45, 7) is 0.837. The first-order valence-electron chi connectivity index (χ1n) is 9.29. The van der Waals surface area contributed by atoms with Crippen molar-refractivity contribution < 1.29 is 4.79 Å². The Morgan fingerprint density at radius 1 is 1.04 bits per heavy atom. The summed E-state index contributed by atoms with van der Waals surface area (Å²) < 4.78 is 0.876. The van der Waals surface area contributed by atoms with Gasteiger partial charge in [0, 0.05) is 12.6 Å². The van der Waals surface area contributed by atoms with Crippen LogP contribution in [0.5, 0.6) is 0 Å². The molecule has 0 atom stereocenters. The van der Waals surface area contributed by atoms with Crippen LogP contribution in [0, 0.1) is 5.92 Å². The molecule has 1 aromatic heterocycles. The third kappa shape index (κ3) is 5.92. The lowest BCUT2D eigenvalue weighted by Crippen LogP contribution is -2.31. The van der Waals surface area contributed by atoms with Gasteiger partial charge in [0.1, 0.15) is 0 Å². The molecule has 0 radical (unpaired) electrons. The van der Waals surface area contributed by atoms with Gasteiger partial charge in [-0.3, -0.25) is 4.79 Å². The Labute approximate surface area is 152 Å². The largest absolute Gasteiger partial charge is 0.357 e. The standard InChI is InChI=1S/C17H28N4OS2/c22-15(18-11-13-7-3-1-4-8-13)12-23-17-21-20-16(24-17)19-14-9-5-2-6-10-14/h13-14H,1-12H2,(H,18,22)(H,19,20). The molecule has 1 heterocycles. The molecule has 7 heteroatoms. The van der Waals surface area contributed by atoms with Crippen molar-refractivity contribution in [1.82, 2.24) is 15.5 Å². The first-order chi connectivity index (χ1) is 11.8. The highest BCUT2D eigenvalue weighted by Crippen LogP contribution is 2.28. The second-order valence-corrected chi connectivity index (χ2v) is 9.15. The Hall–Kier alpha value is -0.820. The van der Waals surface area contributed by atoms with Gasteiger partial charge < -0.3 is 10.6 Å². The van der Waals surface area contributed by atoms with E-state index in [1.165, 1.54) is 76.0 Å². The van der Waals surface area contributed by atoms with E-state index in [4.69, 9.17) is 0 Å². The number of carbonyl (C=O) groups is 1. The van der Waals surface area contributed by atoms with Crippen LogP contribution >= 0.6 is 23.1 Å². The molecule has 3 rings (SSSR count). The number of thioether (sulfide) groups is 1. The minimum absolute atomic E-state index is 0.113. The van der Waals surface area contributed by atoms with Crippen molar-refractivity contribution >= 4 is 34.1 Å². The van der Waals surface area contributed by atoms with Crippen LogP contribution in [-0.4, -0.2) is 34.4 Å². The fourth-order valence-electron chi connectivity index (χ4n) is 3.58. The van der Waals surface area contributed by atoms with E-state index in [1.807, 2.05) is 0 Å². The van der Waals surface area contributed by atoms with E-state index in [9.17, 15) is 4.79 Å². The molecule has 5 nitrogen and oxygen atoms in total. The van der Waals surface area contributed by atoms with E-state index in [0.717, 1.165) is 16.0 Å². The number of nitrogens with zero attached hydrogens (tertiary/aromatic N) is 2. The molecule has 0 saturated heterocycles. The Balaban J connectivity index is 1.34. The Bertz CT molecular complexity index is 510. The van der Waals surface area contributed by atoms with Crippen molar-refractivity contribution in [3.05, 3.63) is 0 Å². The molecule has 1 aromatic rings. The molecule has 0 aliphatic heterocycles. The van der Waals surface area contributed by atoms with Crippen molar-refractivity contribution in [2.75, 3.05) is 17.6 Å². The van der Waals surface area contributed by atoms with Crippen LogP contribution in [0.25, 0.3) is 0 Å². The lowest BCUT2D eigenvalue weighted by molar-refractivity contribution is -0.118. The zero-order chi connectivity index (χ0) is 16.6. The molecule has 0 aromatic carbocycles. The van der Waals surface area contributed by atoms with E-state index in [0.29, 0.717) is 17.7 Å². The lowest BCUT2D eigenvalue weighted by Gasteiger charge is -2.21. The predicted octanol–water partition coefficient (Wildman–Crippen LogP) is 4.07. The normalized spacial score (nSPS) is 20.0. The molecule has 0 unspecified atom stereocenters. The number of rotatable bonds is 7. The highest BCUT2D eigenvalue weighted by Gasteiger charge is 2.16. The maximum Gasteiger partial charge on any atom is 0.230 e. The maximum atomic E-state index is 12.0. The number of amides is 1. The molecule has 2 fully saturated rings. The van der Waals surface area contributed by atoms with Crippen molar-refractivity contribution in [1.29, 1.82) is 0 Å².